The van der Waals surface area contributed by atoms with E-state index in [-0.39, 0.29) is 17.9 Å². The minimum atomic E-state index is -3.79. The van der Waals surface area contributed by atoms with Gasteiger partial charge in [0.15, 0.2) is 0 Å². The second-order valence-corrected chi connectivity index (χ2v) is 6.08. The van der Waals surface area contributed by atoms with E-state index >= 15 is 0 Å². The normalized spacial score (nSPS) is 12.1. The van der Waals surface area contributed by atoms with Crippen molar-refractivity contribution in [3.8, 4) is 11.8 Å². The smallest absolute Gasteiger partial charge is 0.325 e. The molecule has 0 saturated carbocycles. The maximum Gasteiger partial charge on any atom is 0.325 e. The average molecular weight is 309 g/mol. The molecule has 0 heterocycles. The van der Waals surface area contributed by atoms with Gasteiger partial charge in [-0.1, -0.05) is 17.7 Å². The van der Waals surface area contributed by atoms with Crippen LogP contribution < -0.4 is 4.72 Å². The van der Waals surface area contributed by atoms with Crippen LogP contribution in [0.3, 0.4) is 0 Å². The Balaban J connectivity index is 2.96. The first-order valence-electron chi connectivity index (χ1n) is 6.56. The van der Waals surface area contributed by atoms with Gasteiger partial charge in [0.1, 0.15) is 6.04 Å². The summed E-state index contributed by atoms with van der Waals surface area (Å²) in [4.78, 5) is 11.9. The molecule has 1 aromatic rings. The Morgan fingerprint density at radius 3 is 2.48 bits per heavy atom. The molecule has 0 unspecified atom stereocenters. The molecule has 0 fully saturated rings. The van der Waals surface area contributed by atoms with Crippen LogP contribution >= 0.6 is 0 Å². The van der Waals surface area contributed by atoms with E-state index in [1.807, 2.05) is 6.92 Å². The lowest BCUT2D eigenvalue weighted by molar-refractivity contribution is -0.144. The fraction of sp³-hybridized carbons (Fsp3) is 0.400. The van der Waals surface area contributed by atoms with E-state index in [4.69, 9.17) is 4.74 Å². The van der Waals surface area contributed by atoms with Crippen molar-refractivity contribution in [2.45, 2.75) is 38.1 Å². The molecule has 0 aromatic heterocycles. The zero-order valence-electron chi connectivity index (χ0n) is 12.3. The molecule has 0 aliphatic heterocycles. The molecular formula is C15H19NO4S. The van der Waals surface area contributed by atoms with Gasteiger partial charge < -0.3 is 4.74 Å². The van der Waals surface area contributed by atoms with Crippen LogP contribution in [-0.2, 0) is 19.6 Å². The number of benzene rings is 1. The van der Waals surface area contributed by atoms with Crippen molar-refractivity contribution in [1.82, 2.24) is 4.72 Å². The minimum absolute atomic E-state index is 0.0699. The van der Waals surface area contributed by atoms with E-state index in [1.54, 1.807) is 26.0 Å². The molecule has 1 rings (SSSR count). The number of carbonyl (C=O) groups excluding carboxylic acids is 1. The second kappa shape index (κ2) is 7.81. The summed E-state index contributed by atoms with van der Waals surface area (Å²) in [5, 5.41) is 0. The first-order chi connectivity index (χ1) is 9.90. The molecule has 0 bridgehead atoms. The maximum absolute atomic E-state index is 12.3. The van der Waals surface area contributed by atoms with Gasteiger partial charge in [-0.25, -0.2) is 8.42 Å². The van der Waals surface area contributed by atoms with Crippen LogP contribution in [-0.4, -0.2) is 27.0 Å². The Labute approximate surface area is 125 Å². The third kappa shape index (κ3) is 5.21. The lowest BCUT2D eigenvalue weighted by atomic mass is 10.2. The number of ether oxygens (including phenoxy) is 1. The lowest BCUT2D eigenvalue weighted by Gasteiger charge is -2.15. The van der Waals surface area contributed by atoms with Crippen LogP contribution in [0.5, 0.6) is 0 Å². The van der Waals surface area contributed by atoms with Crippen molar-refractivity contribution >= 4 is 16.0 Å². The number of carbonyl (C=O) groups is 1. The van der Waals surface area contributed by atoms with Crippen molar-refractivity contribution in [3.05, 3.63) is 29.8 Å². The van der Waals surface area contributed by atoms with Gasteiger partial charge in [0.05, 0.1) is 11.5 Å². The number of sulfonamides is 1. The van der Waals surface area contributed by atoms with Crippen molar-refractivity contribution in [1.29, 1.82) is 0 Å². The molecule has 0 radical (unpaired) electrons. The summed E-state index contributed by atoms with van der Waals surface area (Å²) < 4.78 is 31.7. The topological polar surface area (TPSA) is 72.5 Å². The van der Waals surface area contributed by atoms with Crippen molar-refractivity contribution in [2.24, 2.45) is 0 Å². The standard InChI is InChI=1S/C15H19NO4S/c1-4-6-7-14(15(17)20-5-2)16-21(18,19)13-10-8-12(3)9-11-13/h8-11,14,16H,5,7H2,1-3H3/t14-/m0/s1. The molecule has 6 heteroatoms. The van der Waals surface area contributed by atoms with Crippen molar-refractivity contribution < 1.29 is 17.9 Å². The monoisotopic (exact) mass is 309 g/mol. The van der Waals surface area contributed by atoms with E-state index in [1.165, 1.54) is 12.1 Å². The average Bonchev–Trinajstić information content (AvgIpc) is 2.44. The van der Waals surface area contributed by atoms with Gasteiger partial charge in [-0.2, -0.15) is 4.72 Å². The molecular weight excluding hydrogens is 290 g/mol. The molecule has 1 N–H and O–H groups in total. The van der Waals surface area contributed by atoms with Crippen LogP contribution in [0.25, 0.3) is 0 Å². The van der Waals surface area contributed by atoms with Gasteiger partial charge in [-0.15, -0.1) is 11.8 Å². The first-order valence-corrected chi connectivity index (χ1v) is 8.04. The molecule has 1 atom stereocenters. The molecule has 0 aliphatic carbocycles. The summed E-state index contributed by atoms with van der Waals surface area (Å²) >= 11 is 0. The van der Waals surface area contributed by atoms with E-state index in [2.05, 4.69) is 16.6 Å². The quantitative estimate of drug-likeness (QED) is 0.640. The lowest BCUT2D eigenvalue weighted by Crippen LogP contribution is -2.41. The Hall–Kier alpha value is -1.84. The molecule has 0 spiro atoms. The van der Waals surface area contributed by atoms with E-state index in [0.717, 1.165) is 5.56 Å². The Bertz CT molecular complexity index is 638. The fourth-order valence-electron chi connectivity index (χ4n) is 1.59. The molecule has 5 nitrogen and oxygen atoms in total. The summed E-state index contributed by atoms with van der Waals surface area (Å²) in [5.41, 5.74) is 0.952. The number of hydrogen-bond acceptors (Lipinski definition) is 4. The third-order valence-corrected chi connectivity index (χ3v) is 4.17. The van der Waals surface area contributed by atoms with E-state index < -0.39 is 22.0 Å². The van der Waals surface area contributed by atoms with Gasteiger partial charge in [-0.05, 0) is 32.9 Å². The van der Waals surface area contributed by atoms with Gasteiger partial charge >= 0.3 is 5.97 Å². The van der Waals surface area contributed by atoms with Gasteiger partial charge in [0, 0.05) is 6.42 Å². The predicted molar refractivity (Wildman–Crippen MR) is 80.0 cm³/mol. The molecule has 0 saturated heterocycles. The molecule has 0 aliphatic rings. The van der Waals surface area contributed by atoms with Crippen LogP contribution in [0.4, 0.5) is 0 Å². The highest BCUT2D eigenvalue weighted by Gasteiger charge is 2.26. The summed E-state index contributed by atoms with van der Waals surface area (Å²) in [6.45, 7) is 5.33. The summed E-state index contributed by atoms with van der Waals surface area (Å²) in [5.74, 6) is 4.70. The van der Waals surface area contributed by atoms with Crippen molar-refractivity contribution in [2.75, 3.05) is 6.61 Å². The number of nitrogens with one attached hydrogen (secondary N) is 1. The molecule has 21 heavy (non-hydrogen) atoms. The number of esters is 1. The van der Waals surface area contributed by atoms with E-state index in [0.29, 0.717) is 0 Å². The largest absolute Gasteiger partial charge is 0.465 e. The van der Waals surface area contributed by atoms with Crippen LogP contribution in [0.2, 0.25) is 0 Å². The van der Waals surface area contributed by atoms with Gasteiger partial charge in [0.25, 0.3) is 0 Å². The third-order valence-electron chi connectivity index (χ3n) is 2.68. The highest BCUT2D eigenvalue weighted by Crippen LogP contribution is 2.11. The Morgan fingerprint density at radius 2 is 1.95 bits per heavy atom. The molecule has 1 aromatic carbocycles. The maximum atomic E-state index is 12.3. The van der Waals surface area contributed by atoms with Crippen molar-refractivity contribution in [3.63, 3.8) is 0 Å². The minimum Gasteiger partial charge on any atom is -0.465 e. The van der Waals surface area contributed by atoms with Gasteiger partial charge in [0.2, 0.25) is 10.0 Å². The predicted octanol–water partition coefficient (Wildman–Crippen LogP) is 1.62. The Morgan fingerprint density at radius 1 is 1.33 bits per heavy atom. The molecule has 0 amide bonds. The summed E-state index contributed by atoms with van der Waals surface area (Å²) in [6, 6.07) is 5.36. The first kappa shape index (κ1) is 17.2. The van der Waals surface area contributed by atoms with Gasteiger partial charge in [-0.3, -0.25) is 4.79 Å². The number of rotatable bonds is 6. The highest BCUT2D eigenvalue weighted by molar-refractivity contribution is 7.89. The molecule has 114 valence electrons. The Kier molecular flexibility index (Phi) is 6.40. The second-order valence-electron chi connectivity index (χ2n) is 4.37. The van der Waals surface area contributed by atoms with Crippen LogP contribution in [0, 0.1) is 18.8 Å². The fourth-order valence-corrected chi connectivity index (χ4v) is 2.78. The highest BCUT2D eigenvalue weighted by atomic mass is 32.2. The SMILES string of the molecule is CC#CC[C@H](NS(=O)(=O)c1ccc(C)cc1)C(=O)OCC. The summed E-state index contributed by atoms with van der Waals surface area (Å²) in [6.07, 6.45) is 0.0699. The van der Waals surface area contributed by atoms with Crippen LogP contribution in [0.15, 0.2) is 29.2 Å². The van der Waals surface area contributed by atoms with E-state index in [9.17, 15) is 13.2 Å². The summed E-state index contributed by atoms with van der Waals surface area (Å²) in [7, 11) is -3.79. The number of aryl methyl sites for hydroxylation is 1. The van der Waals surface area contributed by atoms with Crippen LogP contribution in [0.1, 0.15) is 25.8 Å². The zero-order valence-corrected chi connectivity index (χ0v) is 13.2. The zero-order chi connectivity index (χ0) is 15.9. The number of hydrogen-bond donors (Lipinski definition) is 1.